The molecule has 0 aliphatic carbocycles. The molecule has 0 radical (unpaired) electrons. The summed E-state index contributed by atoms with van der Waals surface area (Å²) in [5.74, 6) is -1.39. The fourth-order valence-corrected chi connectivity index (χ4v) is 3.88. The minimum absolute atomic E-state index is 0.0472. The molecule has 0 bridgehead atoms. The van der Waals surface area contributed by atoms with Gasteiger partial charge in [0.05, 0.1) is 23.6 Å². The number of rotatable bonds is 4. The molecular weight excluding hydrogens is 472 g/mol. The van der Waals surface area contributed by atoms with Crippen LogP contribution in [0.2, 0.25) is 0 Å². The zero-order chi connectivity index (χ0) is 26.4. The average molecular weight is 500 g/mol. The van der Waals surface area contributed by atoms with Crippen molar-refractivity contribution in [3.05, 3.63) is 52.9 Å². The van der Waals surface area contributed by atoms with Gasteiger partial charge in [0.25, 0.3) is 5.88 Å². The third-order valence-corrected chi connectivity index (χ3v) is 5.82. The molecule has 1 aromatic carbocycles. The SMILES string of the molecule is CNc1cc2c(cn1)CN(c1cc(NC(=O)Nc3onc(C(C)(C)C)c3F)c(F)cc1C)C(=O)N2C. The van der Waals surface area contributed by atoms with E-state index in [9.17, 15) is 18.4 Å². The highest BCUT2D eigenvalue weighted by Crippen LogP contribution is 2.35. The summed E-state index contributed by atoms with van der Waals surface area (Å²) in [7, 11) is 3.37. The van der Waals surface area contributed by atoms with Gasteiger partial charge in [-0.2, -0.15) is 4.39 Å². The van der Waals surface area contributed by atoms with Crippen LogP contribution in [0.3, 0.4) is 0 Å². The minimum Gasteiger partial charge on any atom is -0.373 e. The number of urea groups is 2. The Hall–Kier alpha value is -4.22. The van der Waals surface area contributed by atoms with E-state index in [2.05, 4.69) is 26.1 Å². The number of amides is 4. The van der Waals surface area contributed by atoms with Crippen LogP contribution < -0.4 is 25.8 Å². The lowest BCUT2D eigenvalue weighted by molar-refractivity contribution is 0.251. The first-order valence-corrected chi connectivity index (χ1v) is 11.2. The highest BCUT2D eigenvalue weighted by molar-refractivity contribution is 6.07. The van der Waals surface area contributed by atoms with E-state index in [0.717, 1.165) is 5.56 Å². The van der Waals surface area contributed by atoms with Crippen molar-refractivity contribution in [2.75, 3.05) is 39.8 Å². The molecule has 0 saturated heterocycles. The van der Waals surface area contributed by atoms with Crippen molar-refractivity contribution in [2.45, 2.75) is 39.7 Å². The van der Waals surface area contributed by atoms with Gasteiger partial charge in [-0.3, -0.25) is 15.1 Å². The highest BCUT2D eigenvalue weighted by Gasteiger charge is 2.31. The number of hydrogen-bond donors (Lipinski definition) is 3. The molecule has 1 aliphatic heterocycles. The fourth-order valence-electron chi connectivity index (χ4n) is 3.88. The minimum atomic E-state index is -0.935. The van der Waals surface area contributed by atoms with Crippen LogP contribution in [0.1, 0.15) is 37.6 Å². The summed E-state index contributed by atoms with van der Waals surface area (Å²) < 4.78 is 34.2. The first-order valence-electron chi connectivity index (χ1n) is 11.2. The van der Waals surface area contributed by atoms with Crippen molar-refractivity contribution in [2.24, 2.45) is 0 Å². The number of nitrogens with zero attached hydrogens (tertiary/aromatic N) is 4. The third-order valence-electron chi connectivity index (χ3n) is 5.82. The zero-order valence-corrected chi connectivity index (χ0v) is 20.8. The first kappa shape index (κ1) is 24.9. The maximum atomic E-state index is 14.7. The molecule has 3 N–H and O–H groups in total. The van der Waals surface area contributed by atoms with Gasteiger partial charge in [-0.15, -0.1) is 0 Å². The normalized spacial score (nSPS) is 13.5. The molecule has 0 saturated carbocycles. The number of fused-ring (bicyclic) bond motifs is 1. The number of aryl methyl sites for hydroxylation is 1. The smallest absolute Gasteiger partial charge is 0.329 e. The number of halogens is 2. The van der Waals surface area contributed by atoms with E-state index in [4.69, 9.17) is 4.52 Å². The summed E-state index contributed by atoms with van der Waals surface area (Å²) in [6.07, 6.45) is 1.67. The van der Waals surface area contributed by atoms with Gasteiger partial charge in [-0.25, -0.2) is 19.0 Å². The predicted molar refractivity (Wildman–Crippen MR) is 133 cm³/mol. The zero-order valence-electron chi connectivity index (χ0n) is 20.8. The van der Waals surface area contributed by atoms with Crippen molar-refractivity contribution in [3.8, 4) is 0 Å². The van der Waals surface area contributed by atoms with Crippen LogP contribution in [-0.2, 0) is 12.0 Å². The lowest BCUT2D eigenvalue weighted by Gasteiger charge is -2.35. The van der Waals surface area contributed by atoms with E-state index in [1.165, 1.54) is 21.9 Å². The van der Waals surface area contributed by atoms with Gasteiger partial charge in [0.15, 0.2) is 0 Å². The molecule has 2 aromatic heterocycles. The van der Waals surface area contributed by atoms with Gasteiger partial charge in [-0.05, 0) is 24.6 Å². The summed E-state index contributed by atoms with van der Waals surface area (Å²) in [6.45, 7) is 7.09. The molecule has 0 fully saturated rings. The molecule has 4 amide bonds. The molecule has 10 nitrogen and oxygen atoms in total. The van der Waals surface area contributed by atoms with E-state index >= 15 is 0 Å². The molecule has 3 heterocycles. The molecule has 0 unspecified atom stereocenters. The lowest BCUT2D eigenvalue weighted by atomic mass is 9.92. The van der Waals surface area contributed by atoms with Crippen LogP contribution in [0.25, 0.3) is 0 Å². The van der Waals surface area contributed by atoms with Gasteiger partial charge >= 0.3 is 12.1 Å². The van der Waals surface area contributed by atoms with E-state index in [1.807, 2.05) is 0 Å². The van der Waals surface area contributed by atoms with Crippen LogP contribution in [0.15, 0.2) is 28.9 Å². The van der Waals surface area contributed by atoms with Crippen LogP contribution >= 0.6 is 0 Å². The maximum Gasteiger partial charge on any atom is 0.329 e. The molecule has 190 valence electrons. The quantitative estimate of drug-likeness (QED) is 0.454. The van der Waals surface area contributed by atoms with Crippen LogP contribution in [0, 0.1) is 18.6 Å². The van der Waals surface area contributed by atoms with Gasteiger partial charge in [0.2, 0.25) is 5.82 Å². The molecular formula is C24H27F2N7O3. The third kappa shape index (κ3) is 4.53. The van der Waals surface area contributed by atoms with Gasteiger partial charge in [0, 0.05) is 37.3 Å². The topological polar surface area (TPSA) is 116 Å². The number of hydrogen-bond acceptors (Lipinski definition) is 6. The molecule has 4 rings (SSSR count). The van der Waals surface area contributed by atoms with E-state index < -0.39 is 29.0 Å². The van der Waals surface area contributed by atoms with Crippen molar-refractivity contribution in [1.29, 1.82) is 0 Å². The molecule has 0 spiro atoms. The van der Waals surface area contributed by atoms with Crippen molar-refractivity contribution >= 4 is 40.8 Å². The second-order valence-electron chi connectivity index (χ2n) is 9.50. The maximum absolute atomic E-state index is 14.7. The largest absolute Gasteiger partial charge is 0.373 e. The molecule has 12 heteroatoms. The van der Waals surface area contributed by atoms with E-state index in [-0.39, 0.29) is 24.0 Å². The summed E-state index contributed by atoms with van der Waals surface area (Å²) in [4.78, 5) is 32.9. The Morgan fingerprint density at radius 3 is 2.50 bits per heavy atom. The van der Waals surface area contributed by atoms with Gasteiger partial charge < -0.3 is 15.2 Å². The number of pyridine rings is 1. The summed E-state index contributed by atoms with van der Waals surface area (Å²) in [5, 5.41) is 11.2. The number of carbonyl (C=O) groups is 2. The van der Waals surface area contributed by atoms with Crippen LogP contribution in [-0.4, -0.2) is 36.3 Å². The Labute approximate surface area is 206 Å². The monoisotopic (exact) mass is 499 g/mol. The number of aromatic nitrogens is 2. The Morgan fingerprint density at radius 2 is 1.86 bits per heavy atom. The van der Waals surface area contributed by atoms with Crippen molar-refractivity contribution in [1.82, 2.24) is 10.1 Å². The molecule has 36 heavy (non-hydrogen) atoms. The summed E-state index contributed by atoms with van der Waals surface area (Å²) >= 11 is 0. The van der Waals surface area contributed by atoms with Crippen molar-refractivity contribution in [3.63, 3.8) is 0 Å². The lowest BCUT2D eigenvalue weighted by Crippen LogP contribution is -2.45. The van der Waals surface area contributed by atoms with E-state index in [0.29, 0.717) is 22.8 Å². The Morgan fingerprint density at radius 1 is 1.14 bits per heavy atom. The van der Waals surface area contributed by atoms with E-state index in [1.54, 1.807) is 54.1 Å². The number of carbonyl (C=O) groups excluding carboxylic acids is 2. The molecule has 0 atom stereocenters. The van der Waals surface area contributed by atoms with Crippen molar-refractivity contribution < 1.29 is 22.9 Å². The standard InChI is InChI=1S/C24H27F2N7O3/c1-12-7-14(25)15(29-22(34)30-21-19(26)20(31-36-21)24(2,3)4)8-16(12)33-11-13-10-28-18(27-5)9-17(13)32(6)23(33)35/h7-10H,11H2,1-6H3,(H,27,28)(H2,29,30,34). The average Bonchev–Trinajstić information content (AvgIpc) is 3.18. The highest BCUT2D eigenvalue weighted by atomic mass is 19.1. The fraction of sp³-hybridized carbons (Fsp3) is 0.333. The predicted octanol–water partition coefficient (Wildman–Crippen LogP) is 5.22. The van der Waals surface area contributed by atoms with Gasteiger partial charge in [0.1, 0.15) is 17.3 Å². The Bertz CT molecular complexity index is 1350. The number of anilines is 5. The molecule has 1 aliphatic rings. The summed E-state index contributed by atoms with van der Waals surface area (Å²) in [6, 6.07) is 3.07. The van der Waals surface area contributed by atoms with Gasteiger partial charge in [-0.1, -0.05) is 25.9 Å². The Balaban J connectivity index is 1.59. The van der Waals surface area contributed by atoms with Crippen LogP contribution in [0.5, 0.6) is 0 Å². The number of nitrogens with one attached hydrogen (secondary N) is 3. The second kappa shape index (κ2) is 9.10. The number of benzene rings is 1. The second-order valence-corrected chi connectivity index (χ2v) is 9.50. The summed E-state index contributed by atoms with van der Waals surface area (Å²) in [5.41, 5.74) is 1.59. The first-order chi connectivity index (χ1) is 16.9. The molecule has 3 aromatic rings. The van der Waals surface area contributed by atoms with Crippen LogP contribution in [0.4, 0.5) is 47.1 Å². The Kier molecular flexibility index (Phi) is 6.29.